The summed E-state index contributed by atoms with van der Waals surface area (Å²) in [5.74, 6) is 0. The Hall–Kier alpha value is -2.41. The van der Waals surface area contributed by atoms with Gasteiger partial charge in [-0.1, -0.05) is 25.5 Å². The molecule has 0 aliphatic heterocycles. The Balaban J connectivity index is 2.34. The van der Waals surface area contributed by atoms with Gasteiger partial charge in [0, 0.05) is 18.3 Å². The van der Waals surface area contributed by atoms with Gasteiger partial charge in [-0.25, -0.2) is 0 Å². The maximum Gasteiger partial charge on any atom is 0.153 e. The highest BCUT2D eigenvalue weighted by molar-refractivity contribution is 5.85. The zero-order valence-electron chi connectivity index (χ0n) is 10.8. The molecule has 4 heteroatoms. The lowest BCUT2D eigenvalue weighted by molar-refractivity contribution is 0.112. The van der Waals surface area contributed by atoms with Crippen molar-refractivity contribution in [1.29, 1.82) is 5.26 Å². The monoisotopic (exact) mass is 253 g/mol. The zero-order chi connectivity index (χ0) is 13.7. The molecule has 2 rings (SSSR count). The van der Waals surface area contributed by atoms with Gasteiger partial charge >= 0.3 is 0 Å². The average Bonchev–Trinajstić information content (AvgIpc) is 2.88. The number of aldehydes is 1. The second kappa shape index (κ2) is 5.96. The van der Waals surface area contributed by atoms with Gasteiger partial charge in [-0.2, -0.15) is 10.4 Å². The third kappa shape index (κ3) is 2.89. The number of aryl methyl sites for hydroxylation is 1. The van der Waals surface area contributed by atoms with Crippen LogP contribution >= 0.6 is 0 Å². The first-order chi connectivity index (χ1) is 9.28. The van der Waals surface area contributed by atoms with Crippen LogP contribution in [-0.2, 0) is 6.54 Å². The quantitative estimate of drug-likeness (QED) is 0.769. The van der Waals surface area contributed by atoms with Crippen molar-refractivity contribution in [3.8, 4) is 17.3 Å². The van der Waals surface area contributed by atoms with Crippen LogP contribution in [0.15, 0.2) is 30.5 Å². The van der Waals surface area contributed by atoms with E-state index in [1.165, 1.54) is 0 Å². The van der Waals surface area contributed by atoms with Crippen molar-refractivity contribution in [2.24, 2.45) is 0 Å². The van der Waals surface area contributed by atoms with E-state index in [1.54, 1.807) is 23.0 Å². The zero-order valence-corrected chi connectivity index (χ0v) is 10.8. The lowest BCUT2D eigenvalue weighted by Gasteiger charge is -1.99. The summed E-state index contributed by atoms with van der Waals surface area (Å²) in [5, 5.41) is 13.2. The Morgan fingerprint density at radius 2 is 2.11 bits per heavy atom. The molecule has 0 saturated heterocycles. The standard InChI is InChI=1S/C15H15N3O/c1-2-3-8-18-10-14(11-19)15(17-18)13-6-4-12(9-16)5-7-13/h4-7,10-11H,2-3,8H2,1H3. The number of unbranched alkanes of at least 4 members (excludes halogenated alkanes) is 1. The Labute approximate surface area is 112 Å². The highest BCUT2D eigenvalue weighted by atomic mass is 16.1. The van der Waals surface area contributed by atoms with Crippen LogP contribution in [0.5, 0.6) is 0 Å². The van der Waals surface area contributed by atoms with Crippen LogP contribution in [0.25, 0.3) is 11.3 Å². The topological polar surface area (TPSA) is 58.7 Å². The summed E-state index contributed by atoms with van der Waals surface area (Å²) in [4.78, 5) is 11.1. The van der Waals surface area contributed by atoms with E-state index in [-0.39, 0.29) is 0 Å². The molecule has 0 atom stereocenters. The minimum atomic E-state index is 0.584. The van der Waals surface area contributed by atoms with Gasteiger partial charge in [0.15, 0.2) is 6.29 Å². The number of hydrogen-bond donors (Lipinski definition) is 0. The summed E-state index contributed by atoms with van der Waals surface area (Å²) in [6.07, 6.45) is 4.72. The molecular weight excluding hydrogens is 238 g/mol. The molecule has 1 aromatic heterocycles. The van der Waals surface area contributed by atoms with Crippen molar-refractivity contribution < 1.29 is 4.79 Å². The molecule has 0 aliphatic rings. The van der Waals surface area contributed by atoms with Crippen LogP contribution in [0.2, 0.25) is 0 Å². The van der Waals surface area contributed by atoms with Crippen LogP contribution in [0.3, 0.4) is 0 Å². The van der Waals surface area contributed by atoms with Crippen molar-refractivity contribution in [2.45, 2.75) is 26.3 Å². The maximum absolute atomic E-state index is 11.1. The normalized spacial score (nSPS) is 10.1. The summed E-state index contributed by atoms with van der Waals surface area (Å²) >= 11 is 0. The van der Waals surface area contributed by atoms with E-state index in [4.69, 9.17) is 5.26 Å². The van der Waals surface area contributed by atoms with Gasteiger partial charge in [0.05, 0.1) is 17.2 Å². The number of nitriles is 1. The first kappa shape index (κ1) is 13.0. The number of rotatable bonds is 5. The average molecular weight is 253 g/mol. The summed E-state index contributed by atoms with van der Waals surface area (Å²) in [5.41, 5.74) is 2.72. The minimum Gasteiger partial charge on any atom is -0.298 e. The molecule has 1 heterocycles. The van der Waals surface area contributed by atoms with Gasteiger partial charge in [-0.05, 0) is 18.6 Å². The van der Waals surface area contributed by atoms with Crippen LogP contribution in [0, 0.1) is 11.3 Å². The summed E-state index contributed by atoms with van der Waals surface area (Å²) in [6, 6.07) is 9.17. The Bertz CT molecular complexity index is 605. The molecule has 19 heavy (non-hydrogen) atoms. The van der Waals surface area contributed by atoms with Crippen molar-refractivity contribution in [2.75, 3.05) is 0 Å². The summed E-state index contributed by atoms with van der Waals surface area (Å²) < 4.78 is 1.81. The fraction of sp³-hybridized carbons (Fsp3) is 0.267. The molecule has 0 spiro atoms. The van der Waals surface area contributed by atoms with Gasteiger partial charge in [0.2, 0.25) is 0 Å². The molecule has 4 nitrogen and oxygen atoms in total. The SMILES string of the molecule is CCCCn1cc(C=O)c(-c2ccc(C#N)cc2)n1. The molecule has 0 bridgehead atoms. The molecule has 0 saturated carbocycles. The number of aromatic nitrogens is 2. The highest BCUT2D eigenvalue weighted by Gasteiger charge is 2.10. The second-order valence-electron chi connectivity index (χ2n) is 4.36. The van der Waals surface area contributed by atoms with Gasteiger partial charge < -0.3 is 0 Å². The number of hydrogen-bond acceptors (Lipinski definition) is 3. The van der Waals surface area contributed by atoms with Crippen LogP contribution in [0.4, 0.5) is 0 Å². The molecule has 2 aromatic rings. The molecular formula is C15H15N3O. The van der Waals surface area contributed by atoms with Gasteiger partial charge in [0.1, 0.15) is 5.69 Å². The molecule has 0 fully saturated rings. The fourth-order valence-electron chi connectivity index (χ4n) is 1.88. The molecule has 0 radical (unpaired) electrons. The highest BCUT2D eigenvalue weighted by Crippen LogP contribution is 2.21. The van der Waals surface area contributed by atoms with Gasteiger partial charge in [0.25, 0.3) is 0 Å². The summed E-state index contributed by atoms with van der Waals surface area (Å²) in [7, 11) is 0. The molecule has 1 aromatic carbocycles. The fourth-order valence-corrected chi connectivity index (χ4v) is 1.88. The number of benzene rings is 1. The first-order valence-corrected chi connectivity index (χ1v) is 6.31. The molecule has 0 unspecified atom stereocenters. The van der Waals surface area contributed by atoms with E-state index in [2.05, 4.69) is 18.1 Å². The van der Waals surface area contributed by atoms with Crippen molar-refractivity contribution >= 4 is 6.29 Å². The predicted octanol–water partition coefficient (Wildman–Crippen LogP) is 3.03. The lowest BCUT2D eigenvalue weighted by Crippen LogP contribution is -1.97. The minimum absolute atomic E-state index is 0.584. The maximum atomic E-state index is 11.1. The predicted molar refractivity (Wildman–Crippen MR) is 72.7 cm³/mol. The molecule has 0 aliphatic carbocycles. The third-order valence-corrected chi connectivity index (χ3v) is 2.95. The van der Waals surface area contributed by atoms with Crippen molar-refractivity contribution in [3.05, 3.63) is 41.6 Å². The largest absolute Gasteiger partial charge is 0.298 e. The van der Waals surface area contributed by atoms with E-state index < -0.39 is 0 Å². The Kier molecular flexibility index (Phi) is 4.09. The van der Waals surface area contributed by atoms with E-state index >= 15 is 0 Å². The van der Waals surface area contributed by atoms with Crippen molar-refractivity contribution in [1.82, 2.24) is 9.78 Å². The Morgan fingerprint density at radius 3 is 2.68 bits per heavy atom. The van der Waals surface area contributed by atoms with Gasteiger partial charge in [-0.3, -0.25) is 9.48 Å². The summed E-state index contributed by atoms with van der Waals surface area (Å²) in [6.45, 7) is 2.93. The van der Waals surface area contributed by atoms with Crippen LogP contribution < -0.4 is 0 Å². The number of nitrogens with zero attached hydrogens (tertiary/aromatic N) is 3. The second-order valence-corrected chi connectivity index (χ2v) is 4.36. The van der Waals surface area contributed by atoms with E-state index in [0.29, 0.717) is 16.8 Å². The van der Waals surface area contributed by atoms with Gasteiger partial charge in [-0.15, -0.1) is 0 Å². The molecule has 0 N–H and O–H groups in total. The molecule has 96 valence electrons. The molecule has 0 amide bonds. The number of carbonyl (C=O) groups is 1. The van der Waals surface area contributed by atoms with Crippen LogP contribution in [-0.4, -0.2) is 16.1 Å². The van der Waals surface area contributed by atoms with Crippen molar-refractivity contribution in [3.63, 3.8) is 0 Å². The first-order valence-electron chi connectivity index (χ1n) is 6.31. The van der Waals surface area contributed by atoms with Crippen LogP contribution in [0.1, 0.15) is 35.7 Å². The van der Waals surface area contributed by atoms with E-state index in [9.17, 15) is 4.79 Å². The Morgan fingerprint density at radius 1 is 1.37 bits per heavy atom. The smallest absolute Gasteiger partial charge is 0.153 e. The third-order valence-electron chi connectivity index (χ3n) is 2.95. The number of carbonyl (C=O) groups excluding carboxylic acids is 1. The lowest BCUT2D eigenvalue weighted by atomic mass is 10.1. The van der Waals surface area contributed by atoms with E-state index in [0.717, 1.165) is 31.2 Å². The van der Waals surface area contributed by atoms with E-state index in [1.807, 2.05) is 12.1 Å².